The van der Waals surface area contributed by atoms with E-state index in [0.717, 1.165) is 24.4 Å². The van der Waals surface area contributed by atoms with Gasteiger partial charge >= 0.3 is 6.61 Å². The molecule has 2 rings (SSSR count). The van der Waals surface area contributed by atoms with Crippen molar-refractivity contribution in [3.63, 3.8) is 0 Å². The molecule has 8 nitrogen and oxygen atoms in total. The maximum absolute atomic E-state index is 12.5. The second kappa shape index (κ2) is 11.8. The van der Waals surface area contributed by atoms with E-state index in [4.69, 9.17) is 4.74 Å². The van der Waals surface area contributed by atoms with Crippen molar-refractivity contribution in [2.75, 3.05) is 19.7 Å². The van der Waals surface area contributed by atoms with Gasteiger partial charge in [-0.3, -0.25) is 0 Å². The molecule has 2 N–H and O–H groups in total. The van der Waals surface area contributed by atoms with Gasteiger partial charge in [0.2, 0.25) is 0 Å². The smallest absolute Gasteiger partial charge is 0.387 e. The lowest BCUT2D eigenvalue weighted by molar-refractivity contribution is -0.0514. The van der Waals surface area contributed by atoms with Crippen LogP contribution in [0.4, 0.5) is 8.78 Å². The van der Waals surface area contributed by atoms with Crippen LogP contribution in [0, 0.1) is 0 Å². The number of rotatable bonds is 11. The van der Waals surface area contributed by atoms with Gasteiger partial charge in [-0.2, -0.15) is 8.78 Å². The van der Waals surface area contributed by atoms with Crippen LogP contribution < -0.4 is 20.1 Å². The number of ether oxygens (including phenoxy) is 2. The minimum absolute atomic E-state index is 0.0141. The lowest BCUT2D eigenvalue weighted by atomic mass is 10.2. The Kier molecular flexibility index (Phi) is 9.13. The van der Waals surface area contributed by atoms with E-state index in [1.54, 1.807) is 25.4 Å². The lowest BCUT2D eigenvalue weighted by Crippen LogP contribution is -2.38. The molecule has 0 aliphatic rings. The van der Waals surface area contributed by atoms with Crippen LogP contribution in [0.2, 0.25) is 0 Å². The molecule has 160 valence electrons. The standard InChI is InChI=1S/C19H28F2N6O2/c1-4-17-26-25-13-27(17)10-9-23-19(22-5-2)24-12-14-7-8-15(29-18(20)21)16(11-14)28-6-3/h7-8,11,13,18H,4-6,9-10,12H2,1-3H3,(H2,22,23,24). The second-order valence-corrected chi connectivity index (χ2v) is 6.01. The summed E-state index contributed by atoms with van der Waals surface area (Å²) in [6, 6.07) is 4.83. The van der Waals surface area contributed by atoms with Crippen LogP contribution in [0.5, 0.6) is 11.5 Å². The van der Waals surface area contributed by atoms with Crippen molar-refractivity contribution in [2.45, 2.75) is 46.9 Å². The fourth-order valence-corrected chi connectivity index (χ4v) is 2.66. The van der Waals surface area contributed by atoms with Crippen molar-refractivity contribution < 1.29 is 18.3 Å². The Hall–Kier alpha value is -2.91. The SMILES string of the molecule is CCNC(=NCc1ccc(OC(F)F)c(OCC)c1)NCCn1cnnc1CC. The molecule has 0 bridgehead atoms. The summed E-state index contributed by atoms with van der Waals surface area (Å²) < 4.78 is 36.9. The molecule has 1 heterocycles. The molecule has 0 amide bonds. The monoisotopic (exact) mass is 410 g/mol. The van der Waals surface area contributed by atoms with Gasteiger partial charge in [0.25, 0.3) is 0 Å². The molecule has 0 radical (unpaired) electrons. The van der Waals surface area contributed by atoms with E-state index in [2.05, 4.69) is 30.6 Å². The van der Waals surface area contributed by atoms with Crippen LogP contribution >= 0.6 is 0 Å². The third-order valence-corrected chi connectivity index (χ3v) is 3.95. The van der Waals surface area contributed by atoms with Gasteiger partial charge in [-0.25, -0.2) is 4.99 Å². The van der Waals surface area contributed by atoms with Gasteiger partial charge in [-0.05, 0) is 31.5 Å². The Morgan fingerprint density at radius 3 is 2.72 bits per heavy atom. The number of nitrogens with zero attached hydrogens (tertiary/aromatic N) is 4. The van der Waals surface area contributed by atoms with E-state index < -0.39 is 6.61 Å². The predicted molar refractivity (Wildman–Crippen MR) is 106 cm³/mol. The summed E-state index contributed by atoms with van der Waals surface area (Å²) in [5.41, 5.74) is 0.819. The Morgan fingerprint density at radius 1 is 1.21 bits per heavy atom. The molecule has 2 aromatic rings. The quantitative estimate of drug-likeness (QED) is 0.438. The molecule has 0 aliphatic carbocycles. The van der Waals surface area contributed by atoms with E-state index in [-0.39, 0.29) is 11.5 Å². The summed E-state index contributed by atoms with van der Waals surface area (Å²) in [5.74, 6) is 1.88. The normalized spacial score (nSPS) is 11.6. The third-order valence-electron chi connectivity index (χ3n) is 3.95. The zero-order chi connectivity index (χ0) is 21.1. The maximum Gasteiger partial charge on any atom is 0.387 e. The van der Waals surface area contributed by atoms with E-state index in [1.165, 1.54) is 6.07 Å². The minimum atomic E-state index is -2.90. The molecule has 0 saturated heterocycles. The minimum Gasteiger partial charge on any atom is -0.490 e. The summed E-state index contributed by atoms with van der Waals surface area (Å²) in [5, 5.41) is 14.4. The molecule has 1 aromatic carbocycles. The van der Waals surface area contributed by atoms with E-state index in [0.29, 0.717) is 32.2 Å². The van der Waals surface area contributed by atoms with E-state index in [1.807, 2.05) is 18.4 Å². The highest BCUT2D eigenvalue weighted by atomic mass is 19.3. The Morgan fingerprint density at radius 2 is 2.03 bits per heavy atom. The highest BCUT2D eigenvalue weighted by Crippen LogP contribution is 2.30. The number of hydrogen-bond acceptors (Lipinski definition) is 5. The van der Waals surface area contributed by atoms with Gasteiger partial charge in [0.05, 0.1) is 13.2 Å². The van der Waals surface area contributed by atoms with Crippen molar-refractivity contribution in [3.8, 4) is 11.5 Å². The first-order valence-corrected chi connectivity index (χ1v) is 9.66. The number of halogens is 2. The first kappa shape index (κ1) is 22.4. The summed E-state index contributed by atoms with van der Waals surface area (Å²) in [4.78, 5) is 4.55. The number of aryl methyl sites for hydroxylation is 1. The number of aliphatic imine (C=N–C) groups is 1. The third kappa shape index (κ3) is 7.20. The highest BCUT2D eigenvalue weighted by Gasteiger charge is 2.11. The van der Waals surface area contributed by atoms with Crippen molar-refractivity contribution in [3.05, 3.63) is 35.9 Å². The molecule has 0 saturated carbocycles. The lowest BCUT2D eigenvalue weighted by Gasteiger charge is -2.14. The topological polar surface area (TPSA) is 85.6 Å². The number of hydrogen-bond donors (Lipinski definition) is 2. The number of nitrogens with one attached hydrogen (secondary N) is 2. The highest BCUT2D eigenvalue weighted by molar-refractivity contribution is 5.79. The zero-order valence-electron chi connectivity index (χ0n) is 17.0. The van der Waals surface area contributed by atoms with Crippen molar-refractivity contribution >= 4 is 5.96 Å². The van der Waals surface area contributed by atoms with E-state index in [9.17, 15) is 8.78 Å². The van der Waals surface area contributed by atoms with Gasteiger partial charge in [-0.15, -0.1) is 10.2 Å². The van der Waals surface area contributed by atoms with Gasteiger partial charge in [-0.1, -0.05) is 13.0 Å². The molecule has 29 heavy (non-hydrogen) atoms. The average Bonchev–Trinajstić information content (AvgIpc) is 3.15. The molecule has 0 fully saturated rings. The number of aromatic nitrogens is 3. The van der Waals surface area contributed by atoms with Crippen molar-refractivity contribution in [2.24, 2.45) is 4.99 Å². The van der Waals surface area contributed by atoms with Gasteiger partial charge < -0.3 is 24.7 Å². The Balaban J connectivity index is 2.00. The second-order valence-electron chi connectivity index (χ2n) is 6.01. The Labute approximate surface area is 169 Å². The molecule has 0 spiro atoms. The van der Waals surface area contributed by atoms with Crippen LogP contribution in [0.3, 0.4) is 0 Å². The largest absolute Gasteiger partial charge is 0.490 e. The molecule has 1 aromatic heterocycles. The van der Waals surface area contributed by atoms with Crippen molar-refractivity contribution in [1.82, 2.24) is 25.4 Å². The summed E-state index contributed by atoms with van der Waals surface area (Å²) in [7, 11) is 0. The number of guanidine groups is 1. The molecule has 10 heteroatoms. The van der Waals surface area contributed by atoms with Crippen LogP contribution in [0.25, 0.3) is 0 Å². The fourth-order valence-electron chi connectivity index (χ4n) is 2.66. The number of alkyl halides is 2. The molecule has 0 atom stereocenters. The first-order valence-electron chi connectivity index (χ1n) is 9.66. The summed E-state index contributed by atoms with van der Waals surface area (Å²) in [6.45, 7) is 5.69. The van der Waals surface area contributed by atoms with Crippen LogP contribution in [-0.2, 0) is 19.5 Å². The summed E-state index contributed by atoms with van der Waals surface area (Å²) >= 11 is 0. The van der Waals surface area contributed by atoms with Crippen LogP contribution in [0.1, 0.15) is 32.2 Å². The van der Waals surface area contributed by atoms with Gasteiger partial charge in [0, 0.05) is 26.1 Å². The van der Waals surface area contributed by atoms with Crippen LogP contribution in [0.15, 0.2) is 29.5 Å². The Bertz CT molecular complexity index is 782. The molecular weight excluding hydrogens is 382 g/mol. The summed E-state index contributed by atoms with van der Waals surface area (Å²) in [6.07, 6.45) is 2.53. The molecule has 0 aliphatic heterocycles. The average molecular weight is 410 g/mol. The zero-order valence-corrected chi connectivity index (χ0v) is 17.0. The van der Waals surface area contributed by atoms with E-state index >= 15 is 0 Å². The number of benzene rings is 1. The van der Waals surface area contributed by atoms with Gasteiger partial charge in [0.15, 0.2) is 17.5 Å². The van der Waals surface area contributed by atoms with Crippen molar-refractivity contribution in [1.29, 1.82) is 0 Å². The first-order chi connectivity index (χ1) is 14.1. The molecule has 0 unspecified atom stereocenters. The maximum atomic E-state index is 12.5. The fraction of sp³-hybridized carbons (Fsp3) is 0.526. The van der Waals surface area contributed by atoms with Gasteiger partial charge in [0.1, 0.15) is 12.2 Å². The predicted octanol–water partition coefficient (Wildman–Crippen LogP) is 2.60. The van der Waals surface area contributed by atoms with Crippen LogP contribution in [-0.4, -0.2) is 47.0 Å². The molecular formula is C19H28F2N6O2.